The Kier molecular flexibility index (Phi) is 2.60. The van der Waals surface area contributed by atoms with E-state index in [0.29, 0.717) is 6.04 Å². The zero-order valence-corrected chi connectivity index (χ0v) is 11.2. The molecule has 0 spiro atoms. The molecular formula is C14H14N4S. The number of nitrogens with one attached hydrogen (secondary N) is 1. The summed E-state index contributed by atoms with van der Waals surface area (Å²) >= 11 is 1.68. The maximum Gasteiger partial charge on any atom is 0.0994 e. The van der Waals surface area contributed by atoms with Crippen molar-refractivity contribution in [2.75, 3.05) is 6.54 Å². The van der Waals surface area contributed by atoms with E-state index in [2.05, 4.69) is 38.1 Å². The van der Waals surface area contributed by atoms with E-state index in [-0.39, 0.29) is 0 Å². The standard InChI is InChI=1S/C14H14N4S/c1-2-11(16-5-1)13-7-15-8-18(13)10-3-4-12-14(6-10)19-9-17-12/h3-4,6-9,11,16H,1-2,5H2. The fourth-order valence-corrected chi connectivity index (χ4v) is 3.42. The first-order valence-electron chi connectivity index (χ1n) is 6.51. The van der Waals surface area contributed by atoms with Gasteiger partial charge in [0.1, 0.15) is 0 Å². The molecule has 1 atom stereocenters. The molecule has 0 radical (unpaired) electrons. The predicted octanol–water partition coefficient (Wildman–Crippen LogP) is 2.91. The van der Waals surface area contributed by atoms with Crippen LogP contribution in [0.2, 0.25) is 0 Å². The molecule has 0 aliphatic carbocycles. The number of benzene rings is 1. The number of imidazole rings is 1. The Bertz CT molecular complexity index is 709. The van der Waals surface area contributed by atoms with Gasteiger partial charge in [-0.05, 0) is 37.6 Å². The largest absolute Gasteiger partial charge is 0.309 e. The van der Waals surface area contributed by atoms with Gasteiger partial charge >= 0.3 is 0 Å². The van der Waals surface area contributed by atoms with Crippen molar-refractivity contribution >= 4 is 21.6 Å². The van der Waals surface area contributed by atoms with E-state index in [1.807, 2.05) is 18.0 Å². The third-order valence-electron chi connectivity index (χ3n) is 3.68. The highest BCUT2D eigenvalue weighted by molar-refractivity contribution is 7.16. The van der Waals surface area contributed by atoms with Gasteiger partial charge in [-0.3, -0.25) is 0 Å². The van der Waals surface area contributed by atoms with Crippen molar-refractivity contribution in [3.63, 3.8) is 0 Å². The molecule has 1 aliphatic rings. The third-order valence-corrected chi connectivity index (χ3v) is 4.47. The SMILES string of the molecule is c1nc2ccc(-n3cncc3C3CCCN3)cc2s1. The zero-order valence-electron chi connectivity index (χ0n) is 10.4. The van der Waals surface area contributed by atoms with Crippen LogP contribution in [0.3, 0.4) is 0 Å². The van der Waals surface area contributed by atoms with Gasteiger partial charge in [0.2, 0.25) is 0 Å². The van der Waals surface area contributed by atoms with Crippen LogP contribution in [0.1, 0.15) is 24.6 Å². The molecular weight excluding hydrogens is 256 g/mol. The number of nitrogens with zero attached hydrogens (tertiary/aromatic N) is 3. The van der Waals surface area contributed by atoms with Crippen LogP contribution < -0.4 is 5.32 Å². The lowest BCUT2D eigenvalue weighted by molar-refractivity contribution is 0.615. The van der Waals surface area contributed by atoms with Gasteiger partial charge in [-0.15, -0.1) is 11.3 Å². The highest BCUT2D eigenvalue weighted by atomic mass is 32.1. The normalized spacial score (nSPS) is 19.3. The first-order chi connectivity index (χ1) is 9.42. The monoisotopic (exact) mass is 270 g/mol. The Morgan fingerprint density at radius 2 is 2.37 bits per heavy atom. The minimum Gasteiger partial charge on any atom is -0.309 e. The summed E-state index contributed by atoms with van der Waals surface area (Å²) in [6.07, 6.45) is 6.30. The highest BCUT2D eigenvalue weighted by Gasteiger charge is 2.20. The van der Waals surface area contributed by atoms with Gasteiger partial charge in [-0.2, -0.15) is 0 Å². The van der Waals surface area contributed by atoms with Gasteiger partial charge < -0.3 is 9.88 Å². The minimum atomic E-state index is 0.430. The molecule has 1 aromatic carbocycles. The van der Waals surface area contributed by atoms with E-state index in [1.165, 1.54) is 23.2 Å². The Hall–Kier alpha value is -1.72. The van der Waals surface area contributed by atoms with Crippen LogP contribution in [0.15, 0.2) is 36.2 Å². The molecule has 0 amide bonds. The molecule has 3 aromatic rings. The number of aromatic nitrogens is 3. The predicted molar refractivity (Wildman–Crippen MR) is 76.7 cm³/mol. The van der Waals surface area contributed by atoms with Crippen LogP contribution in [-0.2, 0) is 0 Å². The Labute approximate surface area is 115 Å². The van der Waals surface area contributed by atoms with Crippen LogP contribution >= 0.6 is 11.3 Å². The molecule has 0 bridgehead atoms. The fraction of sp³-hybridized carbons (Fsp3) is 0.286. The van der Waals surface area contributed by atoms with Crippen molar-refractivity contribution in [3.05, 3.63) is 41.9 Å². The first-order valence-corrected chi connectivity index (χ1v) is 7.39. The summed E-state index contributed by atoms with van der Waals surface area (Å²) in [5, 5.41) is 3.53. The molecule has 19 heavy (non-hydrogen) atoms. The van der Waals surface area contributed by atoms with Gasteiger partial charge in [0.25, 0.3) is 0 Å². The molecule has 1 fully saturated rings. The number of hydrogen-bond acceptors (Lipinski definition) is 4. The highest BCUT2D eigenvalue weighted by Crippen LogP contribution is 2.27. The second-order valence-electron chi connectivity index (χ2n) is 4.84. The lowest BCUT2D eigenvalue weighted by Crippen LogP contribution is -2.16. The minimum absolute atomic E-state index is 0.430. The molecule has 1 aliphatic heterocycles. The second kappa shape index (κ2) is 4.43. The second-order valence-corrected chi connectivity index (χ2v) is 5.73. The van der Waals surface area contributed by atoms with Crippen molar-refractivity contribution in [1.29, 1.82) is 0 Å². The van der Waals surface area contributed by atoms with E-state index < -0.39 is 0 Å². The van der Waals surface area contributed by atoms with Crippen LogP contribution in [-0.4, -0.2) is 21.1 Å². The maximum atomic E-state index is 4.32. The number of thiazole rings is 1. The van der Waals surface area contributed by atoms with Crippen LogP contribution in [0.5, 0.6) is 0 Å². The molecule has 1 saturated heterocycles. The maximum absolute atomic E-state index is 4.32. The van der Waals surface area contributed by atoms with Crippen LogP contribution in [0.4, 0.5) is 0 Å². The van der Waals surface area contributed by atoms with E-state index in [9.17, 15) is 0 Å². The summed E-state index contributed by atoms with van der Waals surface area (Å²) in [4.78, 5) is 8.64. The molecule has 96 valence electrons. The lowest BCUT2D eigenvalue weighted by Gasteiger charge is -2.13. The molecule has 0 saturated carbocycles. The summed E-state index contributed by atoms with van der Waals surface area (Å²) in [6.45, 7) is 1.10. The van der Waals surface area contributed by atoms with Gasteiger partial charge in [0, 0.05) is 11.7 Å². The molecule has 4 rings (SSSR count). The van der Waals surface area contributed by atoms with Crippen molar-refractivity contribution < 1.29 is 0 Å². The van der Waals surface area contributed by atoms with Crippen molar-refractivity contribution in [3.8, 4) is 5.69 Å². The average molecular weight is 270 g/mol. The van der Waals surface area contributed by atoms with Crippen LogP contribution in [0.25, 0.3) is 15.9 Å². The van der Waals surface area contributed by atoms with E-state index in [0.717, 1.165) is 17.7 Å². The topological polar surface area (TPSA) is 42.7 Å². The average Bonchev–Trinajstić information content (AvgIpc) is 3.18. The molecule has 1 N–H and O–H groups in total. The van der Waals surface area contributed by atoms with Crippen LogP contribution in [0, 0.1) is 0 Å². The van der Waals surface area contributed by atoms with Crippen molar-refractivity contribution in [1.82, 2.24) is 19.9 Å². The summed E-state index contributed by atoms with van der Waals surface area (Å²) in [5.41, 5.74) is 5.37. The Balaban J connectivity index is 1.80. The smallest absolute Gasteiger partial charge is 0.0994 e. The van der Waals surface area contributed by atoms with Crippen molar-refractivity contribution in [2.45, 2.75) is 18.9 Å². The molecule has 3 heterocycles. The summed E-state index contributed by atoms with van der Waals surface area (Å²) < 4.78 is 3.40. The quantitative estimate of drug-likeness (QED) is 0.778. The van der Waals surface area contributed by atoms with Gasteiger partial charge in [0.15, 0.2) is 0 Å². The summed E-state index contributed by atoms with van der Waals surface area (Å²) in [5.74, 6) is 0. The third kappa shape index (κ3) is 1.86. The lowest BCUT2D eigenvalue weighted by atomic mass is 10.1. The number of rotatable bonds is 2. The molecule has 5 heteroatoms. The zero-order chi connectivity index (χ0) is 12.7. The molecule has 2 aromatic heterocycles. The Morgan fingerprint density at radius 1 is 1.37 bits per heavy atom. The first kappa shape index (κ1) is 11.1. The van der Waals surface area contributed by atoms with Gasteiger partial charge in [-0.25, -0.2) is 9.97 Å². The van der Waals surface area contributed by atoms with Crippen molar-refractivity contribution in [2.24, 2.45) is 0 Å². The molecule has 1 unspecified atom stereocenters. The van der Waals surface area contributed by atoms with Gasteiger partial charge in [0.05, 0.1) is 33.9 Å². The summed E-state index contributed by atoms with van der Waals surface area (Å²) in [7, 11) is 0. The number of fused-ring (bicyclic) bond motifs is 1. The number of hydrogen-bond donors (Lipinski definition) is 1. The van der Waals surface area contributed by atoms with E-state index in [4.69, 9.17) is 0 Å². The van der Waals surface area contributed by atoms with E-state index >= 15 is 0 Å². The van der Waals surface area contributed by atoms with E-state index in [1.54, 1.807) is 11.3 Å². The molecule has 4 nitrogen and oxygen atoms in total. The summed E-state index contributed by atoms with van der Waals surface area (Å²) in [6, 6.07) is 6.81. The Morgan fingerprint density at radius 3 is 3.26 bits per heavy atom. The van der Waals surface area contributed by atoms with Gasteiger partial charge in [-0.1, -0.05) is 0 Å². The fourth-order valence-electron chi connectivity index (χ4n) is 2.71.